The van der Waals surface area contributed by atoms with Gasteiger partial charge >= 0.3 is 0 Å². The lowest BCUT2D eigenvalue weighted by Crippen LogP contribution is -2.26. The van der Waals surface area contributed by atoms with Crippen LogP contribution in [-0.4, -0.2) is 17.9 Å². The van der Waals surface area contributed by atoms with E-state index in [1.54, 1.807) is 29.4 Å². The molecule has 0 saturated carbocycles. The molecule has 0 unspecified atom stereocenters. The number of halogens is 1. The maximum Gasteiger partial charge on any atom is 0.257 e. The minimum atomic E-state index is -0.00771. The molecule has 0 fully saturated rings. The monoisotopic (exact) mass is 327 g/mol. The molecule has 0 bridgehead atoms. The SMILES string of the molecule is Cc1cc(C(=O)N(C)Cc2csc(Br)c2)c(C)o1. The molecule has 0 aromatic carbocycles. The molecule has 2 rings (SSSR count). The van der Waals surface area contributed by atoms with Crippen LogP contribution in [0.2, 0.25) is 0 Å². The van der Waals surface area contributed by atoms with Crippen molar-refractivity contribution in [1.29, 1.82) is 0 Å². The number of rotatable bonds is 3. The standard InChI is InChI=1S/C13H14BrNO2S/c1-8-4-11(9(2)17-8)13(16)15(3)6-10-5-12(14)18-7-10/h4-5,7H,6H2,1-3H3. The summed E-state index contributed by atoms with van der Waals surface area (Å²) in [5, 5.41) is 2.04. The van der Waals surface area contributed by atoms with Crippen molar-refractivity contribution in [1.82, 2.24) is 4.90 Å². The second-order valence-electron chi connectivity index (χ2n) is 4.25. The third-order valence-electron chi connectivity index (χ3n) is 2.66. The second-order valence-corrected chi connectivity index (χ2v) is 6.54. The summed E-state index contributed by atoms with van der Waals surface area (Å²) in [6.07, 6.45) is 0. The van der Waals surface area contributed by atoms with Gasteiger partial charge < -0.3 is 9.32 Å². The molecule has 96 valence electrons. The molecule has 0 saturated heterocycles. The van der Waals surface area contributed by atoms with E-state index in [9.17, 15) is 4.79 Å². The van der Waals surface area contributed by atoms with Gasteiger partial charge in [0.25, 0.3) is 5.91 Å². The smallest absolute Gasteiger partial charge is 0.257 e. The van der Waals surface area contributed by atoms with Crippen molar-refractivity contribution >= 4 is 33.2 Å². The fraction of sp³-hybridized carbons (Fsp3) is 0.308. The van der Waals surface area contributed by atoms with Crippen LogP contribution in [0, 0.1) is 13.8 Å². The summed E-state index contributed by atoms with van der Waals surface area (Å²) in [6.45, 7) is 4.26. The molecule has 0 radical (unpaired) electrons. The Morgan fingerprint density at radius 1 is 1.44 bits per heavy atom. The van der Waals surface area contributed by atoms with Gasteiger partial charge in [0.15, 0.2) is 0 Å². The van der Waals surface area contributed by atoms with Gasteiger partial charge in [-0.05, 0) is 52.9 Å². The van der Waals surface area contributed by atoms with Crippen LogP contribution in [0.4, 0.5) is 0 Å². The maximum absolute atomic E-state index is 12.2. The summed E-state index contributed by atoms with van der Waals surface area (Å²) in [6, 6.07) is 3.82. The van der Waals surface area contributed by atoms with Gasteiger partial charge in [-0.1, -0.05) is 0 Å². The Morgan fingerprint density at radius 3 is 2.67 bits per heavy atom. The largest absolute Gasteiger partial charge is 0.466 e. The predicted molar refractivity (Wildman–Crippen MR) is 76.0 cm³/mol. The maximum atomic E-state index is 12.2. The summed E-state index contributed by atoms with van der Waals surface area (Å²) < 4.78 is 6.46. The second kappa shape index (κ2) is 5.28. The quantitative estimate of drug-likeness (QED) is 0.853. The zero-order valence-corrected chi connectivity index (χ0v) is 12.9. The van der Waals surface area contributed by atoms with Crippen molar-refractivity contribution in [3.63, 3.8) is 0 Å². The topological polar surface area (TPSA) is 33.5 Å². The number of carbonyl (C=O) groups excluding carboxylic acids is 1. The van der Waals surface area contributed by atoms with Gasteiger partial charge in [0.05, 0.1) is 9.35 Å². The van der Waals surface area contributed by atoms with Crippen molar-refractivity contribution in [2.24, 2.45) is 0 Å². The van der Waals surface area contributed by atoms with Crippen LogP contribution >= 0.6 is 27.3 Å². The molecule has 0 aliphatic rings. The van der Waals surface area contributed by atoms with Crippen LogP contribution < -0.4 is 0 Å². The van der Waals surface area contributed by atoms with Gasteiger partial charge in [-0.15, -0.1) is 11.3 Å². The highest BCUT2D eigenvalue weighted by Gasteiger charge is 2.17. The Kier molecular flexibility index (Phi) is 3.92. The minimum absolute atomic E-state index is 0.00771. The Bertz CT molecular complexity index is 573. The van der Waals surface area contributed by atoms with Crippen molar-refractivity contribution < 1.29 is 9.21 Å². The van der Waals surface area contributed by atoms with Crippen molar-refractivity contribution in [2.75, 3.05) is 7.05 Å². The van der Waals surface area contributed by atoms with Crippen LogP contribution in [0.5, 0.6) is 0 Å². The van der Waals surface area contributed by atoms with Gasteiger partial charge in [0, 0.05) is 13.6 Å². The molecule has 0 spiro atoms. The molecule has 2 aromatic heterocycles. The molecule has 3 nitrogen and oxygen atoms in total. The van der Waals surface area contributed by atoms with E-state index in [1.807, 2.05) is 25.3 Å². The van der Waals surface area contributed by atoms with Crippen LogP contribution in [0.3, 0.4) is 0 Å². The number of aryl methyl sites for hydroxylation is 2. The van der Waals surface area contributed by atoms with Crippen molar-refractivity contribution in [2.45, 2.75) is 20.4 Å². The number of carbonyl (C=O) groups is 1. The third kappa shape index (κ3) is 2.84. The summed E-state index contributed by atoms with van der Waals surface area (Å²) >= 11 is 5.04. The fourth-order valence-electron chi connectivity index (χ4n) is 1.82. The van der Waals surface area contributed by atoms with Crippen LogP contribution in [0.15, 0.2) is 25.7 Å². The average Bonchev–Trinajstić information content (AvgIpc) is 2.84. The molecular formula is C13H14BrNO2S. The Balaban J connectivity index is 2.11. The van der Waals surface area contributed by atoms with E-state index in [4.69, 9.17) is 4.42 Å². The van der Waals surface area contributed by atoms with Gasteiger partial charge in [0.2, 0.25) is 0 Å². The normalized spacial score (nSPS) is 10.7. The Morgan fingerprint density at radius 2 is 2.17 bits per heavy atom. The number of nitrogens with zero attached hydrogens (tertiary/aromatic N) is 1. The van der Waals surface area contributed by atoms with Crippen LogP contribution in [0.1, 0.15) is 27.4 Å². The molecule has 18 heavy (non-hydrogen) atoms. The minimum Gasteiger partial charge on any atom is -0.466 e. The average molecular weight is 328 g/mol. The van der Waals surface area contributed by atoms with Crippen molar-refractivity contribution in [3.05, 3.63) is 43.9 Å². The number of hydrogen-bond donors (Lipinski definition) is 0. The lowest BCUT2D eigenvalue weighted by atomic mass is 10.2. The number of hydrogen-bond acceptors (Lipinski definition) is 3. The molecule has 5 heteroatoms. The number of furan rings is 1. The third-order valence-corrected chi connectivity index (χ3v) is 4.21. The first-order valence-corrected chi connectivity index (χ1v) is 7.20. The van der Waals surface area contributed by atoms with Gasteiger partial charge in [-0.3, -0.25) is 4.79 Å². The van der Waals surface area contributed by atoms with Gasteiger partial charge in [0.1, 0.15) is 11.5 Å². The van der Waals surface area contributed by atoms with Gasteiger partial charge in [-0.2, -0.15) is 0 Å². The highest BCUT2D eigenvalue weighted by atomic mass is 79.9. The van der Waals surface area contributed by atoms with E-state index < -0.39 is 0 Å². The number of thiophene rings is 1. The lowest BCUT2D eigenvalue weighted by Gasteiger charge is -2.15. The number of amides is 1. The summed E-state index contributed by atoms with van der Waals surface area (Å²) in [5.74, 6) is 1.44. The molecule has 2 aromatic rings. The molecule has 0 aliphatic heterocycles. The highest BCUT2D eigenvalue weighted by Crippen LogP contribution is 2.22. The molecule has 2 heterocycles. The summed E-state index contributed by atoms with van der Waals surface area (Å²) in [5.41, 5.74) is 1.77. The highest BCUT2D eigenvalue weighted by molar-refractivity contribution is 9.11. The van der Waals surface area contributed by atoms with Crippen molar-refractivity contribution in [3.8, 4) is 0 Å². The van der Waals surface area contributed by atoms with E-state index in [-0.39, 0.29) is 5.91 Å². The van der Waals surface area contributed by atoms with E-state index in [1.165, 1.54) is 0 Å². The molecule has 1 amide bonds. The molecule has 0 aliphatic carbocycles. The summed E-state index contributed by atoms with van der Waals surface area (Å²) in [4.78, 5) is 13.9. The van der Waals surface area contributed by atoms with E-state index in [0.717, 1.165) is 15.1 Å². The van der Waals surface area contributed by atoms with E-state index >= 15 is 0 Å². The Hall–Kier alpha value is -1.07. The predicted octanol–water partition coefficient (Wildman–Crippen LogP) is 3.99. The molecular weight excluding hydrogens is 314 g/mol. The first-order valence-electron chi connectivity index (χ1n) is 5.53. The zero-order chi connectivity index (χ0) is 13.3. The molecule has 0 atom stereocenters. The van der Waals surface area contributed by atoms with Gasteiger partial charge in [-0.25, -0.2) is 0 Å². The van der Waals surface area contributed by atoms with Crippen LogP contribution in [0.25, 0.3) is 0 Å². The first kappa shape index (κ1) is 13.4. The van der Waals surface area contributed by atoms with Crippen LogP contribution in [-0.2, 0) is 6.54 Å². The van der Waals surface area contributed by atoms with E-state index in [2.05, 4.69) is 15.9 Å². The molecule has 0 N–H and O–H groups in total. The van der Waals surface area contributed by atoms with E-state index in [0.29, 0.717) is 17.9 Å². The zero-order valence-electron chi connectivity index (χ0n) is 10.5. The summed E-state index contributed by atoms with van der Waals surface area (Å²) in [7, 11) is 1.80. The fourth-order valence-corrected chi connectivity index (χ4v) is 3.02. The first-order chi connectivity index (χ1) is 8.47. The lowest BCUT2D eigenvalue weighted by molar-refractivity contribution is 0.0783. The Labute approximate surface area is 119 Å².